The summed E-state index contributed by atoms with van der Waals surface area (Å²) in [7, 11) is -3.86. The van der Waals surface area contributed by atoms with E-state index in [1.54, 1.807) is 30.5 Å². The molecule has 34 heavy (non-hydrogen) atoms. The number of rotatable bonds is 5. The fraction of sp³-hybridized carbons (Fsp3) is 0.391. The van der Waals surface area contributed by atoms with Gasteiger partial charge in [0.05, 0.1) is 5.92 Å². The van der Waals surface area contributed by atoms with E-state index < -0.39 is 10.0 Å². The number of furan rings is 1. The fourth-order valence-corrected chi connectivity index (χ4v) is 6.02. The summed E-state index contributed by atoms with van der Waals surface area (Å²) in [6, 6.07) is 11.1. The maximum Gasteiger partial charge on any atom is 0.276 e. The van der Waals surface area contributed by atoms with Crippen molar-refractivity contribution >= 4 is 21.6 Å². The number of nitrogens with zero attached hydrogens (tertiary/aromatic N) is 4. The number of aromatic amines is 1. The molecule has 2 aromatic heterocycles. The second-order valence-electron chi connectivity index (χ2n) is 8.58. The zero-order valence-electron chi connectivity index (χ0n) is 18.6. The molecule has 2 saturated heterocycles. The lowest BCUT2D eigenvalue weighted by Gasteiger charge is -2.39. The lowest BCUT2D eigenvalue weighted by atomic mass is 9.97. The van der Waals surface area contributed by atoms with Gasteiger partial charge >= 0.3 is 0 Å². The van der Waals surface area contributed by atoms with Gasteiger partial charge in [-0.05, 0) is 55.3 Å². The molecule has 4 heterocycles. The first-order valence-corrected chi connectivity index (χ1v) is 12.7. The van der Waals surface area contributed by atoms with Gasteiger partial charge in [0, 0.05) is 51.2 Å². The topological polar surface area (TPSA) is 103 Å². The molecule has 3 aromatic rings. The van der Waals surface area contributed by atoms with E-state index in [1.165, 1.54) is 22.5 Å². The van der Waals surface area contributed by atoms with Crippen LogP contribution in [0.2, 0.25) is 0 Å². The Labute approximate surface area is 197 Å². The first-order valence-electron chi connectivity index (χ1n) is 11.3. The Morgan fingerprint density at radius 1 is 1.03 bits per heavy atom. The van der Waals surface area contributed by atoms with Crippen molar-refractivity contribution in [2.75, 3.05) is 44.2 Å². The molecule has 1 amide bonds. The van der Waals surface area contributed by atoms with Crippen LogP contribution in [-0.2, 0) is 14.8 Å². The van der Waals surface area contributed by atoms with Gasteiger partial charge in [-0.1, -0.05) is 0 Å². The Morgan fingerprint density at radius 2 is 1.79 bits per heavy atom. The van der Waals surface area contributed by atoms with Crippen LogP contribution in [0, 0.1) is 11.7 Å². The predicted octanol–water partition coefficient (Wildman–Crippen LogP) is 2.56. The van der Waals surface area contributed by atoms with E-state index in [2.05, 4.69) is 15.1 Å². The van der Waals surface area contributed by atoms with Crippen molar-refractivity contribution in [2.24, 2.45) is 5.92 Å². The average molecular weight is 488 g/mol. The third-order valence-electron chi connectivity index (χ3n) is 6.46. The molecule has 2 aliphatic heterocycles. The van der Waals surface area contributed by atoms with E-state index in [-0.39, 0.29) is 29.3 Å². The number of aromatic nitrogens is 2. The third kappa shape index (κ3) is 4.45. The number of sulfonamides is 1. The number of H-pyrrole nitrogens is 1. The van der Waals surface area contributed by atoms with Gasteiger partial charge in [-0.2, -0.15) is 9.40 Å². The second-order valence-corrected chi connectivity index (χ2v) is 10.4. The number of halogens is 1. The highest BCUT2D eigenvalue weighted by atomic mass is 32.2. The molecule has 1 N–H and O–H groups in total. The van der Waals surface area contributed by atoms with Crippen LogP contribution in [0.4, 0.5) is 10.1 Å². The van der Waals surface area contributed by atoms with Crippen LogP contribution in [0.15, 0.2) is 58.2 Å². The smallest absolute Gasteiger partial charge is 0.276 e. The minimum Gasteiger partial charge on any atom is -0.442 e. The van der Waals surface area contributed by atoms with Crippen LogP contribution in [0.5, 0.6) is 0 Å². The number of piperidine rings is 1. The first-order chi connectivity index (χ1) is 16.4. The number of piperazine rings is 1. The number of hydrogen-bond acceptors (Lipinski definition) is 6. The number of benzene rings is 1. The molecule has 1 aromatic carbocycles. The lowest BCUT2D eigenvalue weighted by molar-refractivity contribution is -0.137. The normalized spacial score (nSPS) is 20.0. The summed E-state index contributed by atoms with van der Waals surface area (Å²) in [5, 5.41) is 6.46. The van der Waals surface area contributed by atoms with Crippen LogP contribution < -0.4 is 4.90 Å². The van der Waals surface area contributed by atoms with Crippen molar-refractivity contribution in [3.63, 3.8) is 0 Å². The van der Waals surface area contributed by atoms with E-state index in [0.717, 1.165) is 5.69 Å². The summed E-state index contributed by atoms with van der Waals surface area (Å²) < 4.78 is 46.5. The van der Waals surface area contributed by atoms with E-state index in [1.807, 2.05) is 4.90 Å². The number of amides is 1. The van der Waals surface area contributed by atoms with Crippen molar-refractivity contribution in [3.8, 4) is 11.5 Å². The molecule has 0 spiro atoms. The molecule has 11 heteroatoms. The summed E-state index contributed by atoms with van der Waals surface area (Å²) in [4.78, 5) is 17.1. The molecule has 180 valence electrons. The Bertz CT molecular complexity index is 1230. The molecule has 0 aliphatic carbocycles. The van der Waals surface area contributed by atoms with Crippen molar-refractivity contribution in [1.82, 2.24) is 19.4 Å². The summed E-state index contributed by atoms with van der Waals surface area (Å²) in [5.41, 5.74) is 1.52. The second kappa shape index (κ2) is 9.22. The highest BCUT2D eigenvalue weighted by molar-refractivity contribution is 7.89. The van der Waals surface area contributed by atoms with Crippen molar-refractivity contribution < 1.29 is 22.0 Å². The molecule has 0 bridgehead atoms. The minimum absolute atomic E-state index is 0.0174. The van der Waals surface area contributed by atoms with Crippen molar-refractivity contribution in [1.29, 1.82) is 0 Å². The van der Waals surface area contributed by atoms with Gasteiger partial charge in [0.2, 0.25) is 11.0 Å². The van der Waals surface area contributed by atoms with E-state index in [0.29, 0.717) is 57.0 Å². The van der Waals surface area contributed by atoms with E-state index in [4.69, 9.17) is 4.42 Å². The SMILES string of the molecule is O=C([C@H]1CCCN(S(=O)(=O)c2ccc(-c3ccn[nH]3)o2)C1)N1CCN(c2ccc(F)cc2)CC1. The van der Waals surface area contributed by atoms with Gasteiger partial charge in [0.1, 0.15) is 11.5 Å². The van der Waals surface area contributed by atoms with Gasteiger partial charge in [-0.15, -0.1) is 0 Å². The van der Waals surface area contributed by atoms with E-state index >= 15 is 0 Å². The highest BCUT2D eigenvalue weighted by Crippen LogP contribution is 2.29. The molecule has 2 aliphatic rings. The molecule has 0 radical (unpaired) electrons. The molecular weight excluding hydrogens is 461 g/mol. The van der Waals surface area contributed by atoms with Crippen LogP contribution in [0.3, 0.4) is 0 Å². The Balaban J connectivity index is 1.22. The summed E-state index contributed by atoms with van der Waals surface area (Å²) >= 11 is 0. The standard InChI is InChI=1S/C23H26FN5O4S/c24-18-3-5-19(6-4-18)27-12-14-28(15-13-27)23(30)17-2-1-11-29(16-17)34(31,32)22-8-7-21(33-22)20-9-10-25-26-20/h3-10,17H,1-2,11-16H2,(H,25,26)/t17-/m0/s1. The lowest BCUT2D eigenvalue weighted by Crippen LogP contribution is -2.53. The molecular formula is C23H26FN5O4S. The molecule has 1 atom stereocenters. The molecule has 5 rings (SSSR count). The number of hydrogen-bond donors (Lipinski definition) is 1. The number of carbonyl (C=O) groups is 1. The summed E-state index contributed by atoms with van der Waals surface area (Å²) in [6.07, 6.45) is 2.83. The first kappa shape index (κ1) is 22.6. The maximum absolute atomic E-state index is 13.2. The van der Waals surface area contributed by atoms with Crippen LogP contribution >= 0.6 is 0 Å². The Kier molecular flexibility index (Phi) is 6.13. The average Bonchev–Trinajstić information content (AvgIpc) is 3.57. The van der Waals surface area contributed by atoms with Gasteiger partial charge in [-0.25, -0.2) is 12.8 Å². The zero-order chi connectivity index (χ0) is 23.7. The molecule has 0 saturated carbocycles. The van der Waals surface area contributed by atoms with Crippen molar-refractivity contribution in [2.45, 2.75) is 17.9 Å². The largest absolute Gasteiger partial charge is 0.442 e. The van der Waals surface area contributed by atoms with Crippen LogP contribution in [-0.4, -0.2) is 73.0 Å². The number of carbonyl (C=O) groups excluding carboxylic acids is 1. The summed E-state index contributed by atoms with van der Waals surface area (Å²) in [6.45, 7) is 2.88. The van der Waals surface area contributed by atoms with Gasteiger partial charge in [0.15, 0.2) is 5.76 Å². The van der Waals surface area contributed by atoms with Gasteiger partial charge < -0.3 is 14.2 Å². The third-order valence-corrected chi connectivity index (χ3v) is 8.20. The molecule has 9 nitrogen and oxygen atoms in total. The number of anilines is 1. The molecule has 2 fully saturated rings. The fourth-order valence-electron chi connectivity index (χ4n) is 4.58. The minimum atomic E-state index is -3.86. The monoisotopic (exact) mass is 487 g/mol. The Morgan fingerprint density at radius 3 is 2.50 bits per heavy atom. The van der Waals surface area contributed by atoms with Crippen LogP contribution in [0.25, 0.3) is 11.5 Å². The van der Waals surface area contributed by atoms with Crippen LogP contribution in [0.1, 0.15) is 12.8 Å². The maximum atomic E-state index is 13.2. The quantitative estimate of drug-likeness (QED) is 0.594. The van der Waals surface area contributed by atoms with Gasteiger partial charge in [0.25, 0.3) is 10.0 Å². The molecule has 0 unspecified atom stereocenters. The highest BCUT2D eigenvalue weighted by Gasteiger charge is 2.37. The van der Waals surface area contributed by atoms with Crippen molar-refractivity contribution in [3.05, 3.63) is 54.5 Å². The number of nitrogens with one attached hydrogen (secondary N) is 1. The zero-order valence-corrected chi connectivity index (χ0v) is 19.4. The van der Waals surface area contributed by atoms with Gasteiger partial charge in [-0.3, -0.25) is 9.89 Å². The Hall–Kier alpha value is -3.18. The van der Waals surface area contributed by atoms with E-state index in [9.17, 15) is 17.6 Å². The predicted molar refractivity (Wildman–Crippen MR) is 123 cm³/mol. The summed E-state index contributed by atoms with van der Waals surface area (Å²) in [5.74, 6) is -0.291.